The molecule has 0 saturated heterocycles. The molecule has 1 heterocycles. The van der Waals surface area contributed by atoms with Gasteiger partial charge in [0, 0.05) is 17.6 Å². The summed E-state index contributed by atoms with van der Waals surface area (Å²) in [5.74, 6) is -0.216. The largest absolute Gasteiger partial charge is 0.325 e. The van der Waals surface area contributed by atoms with E-state index >= 15 is 0 Å². The number of rotatable bonds is 4. The molecular weight excluding hydrogens is 310 g/mol. The van der Waals surface area contributed by atoms with Gasteiger partial charge in [0.15, 0.2) is 5.16 Å². The first-order valence-corrected chi connectivity index (χ1v) is 6.90. The minimum atomic E-state index is -0.897. The molecule has 1 amide bonds. The molecule has 0 atom stereocenters. The van der Waals surface area contributed by atoms with Gasteiger partial charge in [0.1, 0.15) is 6.33 Å². The molecule has 6 nitrogen and oxygen atoms in total. The summed E-state index contributed by atoms with van der Waals surface area (Å²) >= 11 is 1.51. The second kappa shape index (κ2) is 6.93. The number of anilines is 1. The number of carbonyl (C=O) groups excluding carboxylic acids is 1. The number of aromatic nitrogens is 3. The van der Waals surface area contributed by atoms with Gasteiger partial charge in [-0.05, 0) is 49.9 Å². The average molecular weight is 328 g/mol. The maximum atomic E-state index is 11.8. The minimum Gasteiger partial charge on any atom is -0.325 e. The highest BCUT2D eigenvalue weighted by molar-refractivity contribution is 7.99. The number of carbonyl (C=O) groups is 1. The Hall–Kier alpha value is -1.57. The Morgan fingerprint density at radius 2 is 1.95 bits per heavy atom. The average Bonchev–Trinajstić information content (AvgIpc) is 2.76. The summed E-state index contributed by atoms with van der Waals surface area (Å²) in [7, 11) is 1.89. The van der Waals surface area contributed by atoms with Gasteiger partial charge in [-0.15, -0.1) is 22.6 Å². The molecule has 8 heteroatoms. The maximum absolute atomic E-state index is 11.8. The van der Waals surface area contributed by atoms with Gasteiger partial charge < -0.3 is 15.6 Å². The lowest BCUT2D eigenvalue weighted by molar-refractivity contribution is -0.120. The molecule has 3 N–H and O–H groups in total. The van der Waals surface area contributed by atoms with E-state index in [-0.39, 0.29) is 18.3 Å². The third-order valence-corrected chi connectivity index (χ3v) is 3.64. The van der Waals surface area contributed by atoms with Gasteiger partial charge in [0.05, 0.1) is 5.54 Å². The van der Waals surface area contributed by atoms with E-state index in [1.54, 1.807) is 20.2 Å². The van der Waals surface area contributed by atoms with Crippen LogP contribution in [0, 0.1) is 0 Å². The van der Waals surface area contributed by atoms with Crippen molar-refractivity contribution in [3.05, 3.63) is 30.6 Å². The second-order valence-corrected chi connectivity index (χ2v) is 6.07. The Morgan fingerprint density at radius 1 is 1.33 bits per heavy atom. The molecule has 114 valence electrons. The monoisotopic (exact) mass is 327 g/mol. The van der Waals surface area contributed by atoms with E-state index in [1.807, 2.05) is 35.9 Å². The van der Waals surface area contributed by atoms with Crippen molar-refractivity contribution in [3.8, 4) is 0 Å². The van der Waals surface area contributed by atoms with Crippen molar-refractivity contribution in [2.45, 2.75) is 29.4 Å². The molecule has 2 aromatic rings. The summed E-state index contributed by atoms with van der Waals surface area (Å²) in [6, 6.07) is 7.50. The van der Waals surface area contributed by atoms with E-state index in [2.05, 4.69) is 15.5 Å². The van der Waals surface area contributed by atoms with Crippen LogP contribution in [0.2, 0.25) is 0 Å². The van der Waals surface area contributed by atoms with Gasteiger partial charge >= 0.3 is 0 Å². The number of benzene rings is 1. The van der Waals surface area contributed by atoms with Crippen molar-refractivity contribution in [1.82, 2.24) is 14.8 Å². The third-order valence-electron chi connectivity index (χ3n) is 2.58. The summed E-state index contributed by atoms with van der Waals surface area (Å²) in [6.45, 7) is 3.33. The lowest BCUT2D eigenvalue weighted by Crippen LogP contribution is -2.45. The molecule has 2 rings (SSSR count). The van der Waals surface area contributed by atoms with Gasteiger partial charge in [-0.1, -0.05) is 0 Å². The SMILES string of the molecule is Cl.Cn1cnnc1Sc1ccc(NC(=O)C(C)(C)N)cc1. The van der Waals surface area contributed by atoms with E-state index in [0.29, 0.717) is 0 Å². The van der Waals surface area contributed by atoms with Crippen molar-refractivity contribution in [1.29, 1.82) is 0 Å². The zero-order chi connectivity index (χ0) is 14.8. The van der Waals surface area contributed by atoms with Crippen molar-refractivity contribution < 1.29 is 4.79 Å². The molecule has 0 radical (unpaired) electrons. The van der Waals surface area contributed by atoms with Crippen LogP contribution in [0.1, 0.15) is 13.8 Å². The van der Waals surface area contributed by atoms with Crippen LogP contribution in [0.4, 0.5) is 5.69 Å². The number of nitrogens with one attached hydrogen (secondary N) is 1. The first-order valence-electron chi connectivity index (χ1n) is 6.08. The fourth-order valence-corrected chi connectivity index (χ4v) is 2.13. The van der Waals surface area contributed by atoms with Crippen molar-refractivity contribution in [2.75, 3.05) is 5.32 Å². The van der Waals surface area contributed by atoms with Gasteiger partial charge in [0.2, 0.25) is 5.91 Å². The number of aryl methyl sites for hydroxylation is 1. The predicted octanol–water partition coefficient (Wildman–Crippen LogP) is 2.06. The van der Waals surface area contributed by atoms with Gasteiger partial charge in [-0.3, -0.25) is 4.79 Å². The van der Waals surface area contributed by atoms with E-state index in [0.717, 1.165) is 15.7 Å². The Kier molecular flexibility index (Phi) is 5.77. The molecular formula is C13H18ClN5OS. The van der Waals surface area contributed by atoms with Crippen molar-refractivity contribution in [2.24, 2.45) is 12.8 Å². The third kappa shape index (κ3) is 4.73. The first-order chi connectivity index (χ1) is 9.36. The van der Waals surface area contributed by atoms with Crippen molar-refractivity contribution in [3.63, 3.8) is 0 Å². The topological polar surface area (TPSA) is 85.8 Å². The van der Waals surface area contributed by atoms with Crippen molar-refractivity contribution >= 4 is 35.8 Å². The number of halogens is 1. The van der Waals surface area contributed by atoms with Crippen LogP contribution in [-0.2, 0) is 11.8 Å². The lowest BCUT2D eigenvalue weighted by atomic mass is 10.1. The standard InChI is InChI=1S/C13H17N5OS.ClH/c1-13(2,14)11(19)16-9-4-6-10(7-5-9)20-12-17-15-8-18(12)3;/h4-8H,14H2,1-3H3,(H,16,19);1H. The molecule has 0 spiro atoms. The predicted molar refractivity (Wildman–Crippen MR) is 85.7 cm³/mol. The maximum Gasteiger partial charge on any atom is 0.243 e. The summed E-state index contributed by atoms with van der Waals surface area (Å²) in [5, 5.41) is 11.4. The van der Waals surface area contributed by atoms with Crippen LogP contribution in [0.3, 0.4) is 0 Å². The molecule has 0 aliphatic rings. The smallest absolute Gasteiger partial charge is 0.243 e. The molecule has 21 heavy (non-hydrogen) atoms. The summed E-state index contributed by atoms with van der Waals surface area (Å²) in [5.41, 5.74) is 5.55. The number of nitrogens with zero attached hydrogens (tertiary/aromatic N) is 3. The van der Waals surface area contributed by atoms with Crippen LogP contribution in [-0.4, -0.2) is 26.2 Å². The Labute approximate surface area is 133 Å². The van der Waals surface area contributed by atoms with E-state index in [4.69, 9.17) is 5.73 Å². The highest BCUT2D eigenvalue weighted by Crippen LogP contribution is 2.26. The highest BCUT2D eigenvalue weighted by atomic mass is 35.5. The second-order valence-electron chi connectivity index (χ2n) is 5.03. The summed E-state index contributed by atoms with van der Waals surface area (Å²) in [4.78, 5) is 12.8. The van der Waals surface area contributed by atoms with Crippen LogP contribution in [0.15, 0.2) is 40.6 Å². The van der Waals surface area contributed by atoms with Crippen LogP contribution in [0.25, 0.3) is 0 Å². The fraction of sp³-hybridized carbons (Fsp3) is 0.308. The Balaban J connectivity index is 0.00000220. The molecule has 1 aromatic carbocycles. The van der Waals surface area contributed by atoms with Crippen LogP contribution in [0.5, 0.6) is 0 Å². The van der Waals surface area contributed by atoms with Crippen LogP contribution < -0.4 is 11.1 Å². The van der Waals surface area contributed by atoms with E-state index in [9.17, 15) is 4.79 Å². The van der Waals surface area contributed by atoms with Gasteiger partial charge in [-0.2, -0.15) is 0 Å². The minimum absolute atomic E-state index is 0. The zero-order valence-corrected chi connectivity index (χ0v) is 13.7. The zero-order valence-electron chi connectivity index (χ0n) is 12.0. The normalized spacial score (nSPS) is 10.9. The number of hydrogen-bond donors (Lipinski definition) is 2. The molecule has 1 aromatic heterocycles. The summed E-state index contributed by atoms with van der Waals surface area (Å²) in [6.07, 6.45) is 1.65. The molecule has 0 unspecified atom stereocenters. The molecule has 0 fully saturated rings. The number of hydrogen-bond acceptors (Lipinski definition) is 5. The Morgan fingerprint density at radius 3 is 2.43 bits per heavy atom. The van der Waals surface area contributed by atoms with Gasteiger partial charge in [0.25, 0.3) is 0 Å². The molecule has 0 aliphatic heterocycles. The number of amides is 1. The van der Waals surface area contributed by atoms with E-state index < -0.39 is 5.54 Å². The quantitative estimate of drug-likeness (QED) is 0.897. The molecule has 0 saturated carbocycles. The molecule has 0 aliphatic carbocycles. The fourth-order valence-electron chi connectivity index (χ4n) is 1.37. The molecule has 0 bridgehead atoms. The summed E-state index contributed by atoms with van der Waals surface area (Å²) < 4.78 is 1.84. The first kappa shape index (κ1) is 17.5. The highest BCUT2D eigenvalue weighted by Gasteiger charge is 2.21. The van der Waals surface area contributed by atoms with Gasteiger partial charge in [-0.25, -0.2) is 0 Å². The van der Waals surface area contributed by atoms with E-state index in [1.165, 1.54) is 11.8 Å². The number of nitrogens with two attached hydrogens (primary N) is 1. The Bertz CT molecular complexity index is 606. The van der Waals surface area contributed by atoms with Crippen LogP contribution >= 0.6 is 24.2 Å². The lowest BCUT2D eigenvalue weighted by Gasteiger charge is -2.17.